The van der Waals surface area contributed by atoms with Crippen LogP contribution in [0.3, 0.4) is 0 Å². The molecule has 0 saturated heterocycles. The molecular weight excluding hydrogens is 392 g/mol. The first-order valence-corrected chi connectivity index (χ1v) is 8.86. The minimum absolute atomic E-state index is 0.371. The molecule has 0 aliphatic heterocycles. The molecule has 0 heterocycles. The van der Waals surface area contributed by atoms with Crippen molar-refractivity contribution >= 4 is 27.7 Å². The van der Waals surface area contributed by atoms with Crippen molar-refractivity contribution in [2.45, 2.75) is 6.92 Å². The Kier molecular flexibility index (Phi) is 5.49. The van der Waals surface area contributed by atoms with Crippen LogP contribution in [-0.4, -0.2) is 11.8 Å². The van der Waals surface area contributed by atoms with Gasteiger partial charge in [-0.05, 0) is 47.9 Å². The van der Waals surface area contributed by atoms with Crippen molar-refractivity contribution in [3.8, 4) is 11.1 Å². The van der Waals surface area contributed by atoms with Gasteiger partial charge in [0.1, 0.15) is 0 Å². The van der Waals surface area contributed by atoms with E-state index in [1.54, 1.807) is 24.3 Å². The topological polar surface area (TPSA) is 58.2 Å². The number of hydrogen-bond acceptors (Lipinski definition) is 2. The molecule has 0 atom stereocenters. The van der Waals surface area contributed by atoms with E-state index in [9.17, 15) is 9.59 Å². The smallest absolute Gasteiger partial charge is 0.267 e. The van der Waals surface area contributed by atoms with Crippen LogP contribution >= 0.6 is 15.9 Å². The highest BCUT2D eigenvalue weighted by molar-refractivity contribution is 9.10. The Hall–Kier alpha value is -2.92. The number of halogens is 1. The van der Waals surface area contributed by atoms with Gasteiger partial charge in [0.15, 0.2) is 0 Å². The Morgan fingerprint density at radius 3 is 1.88 bits per heavy atom. The summed E-state index contributed by atoms with van der Waals surface area (Å²) in [5.41, 5.74) is 8.93. The van der Waals surface area contributed by atoms with Gasteiger partial charge in [-0.1, -0.05) is 64.5 Å². The maximum absolute atomic E-state index is 12.2. The van der Waals surface area contributed by atoms with Gasteiger partial charge in [-0.3, -0.25) is 20.4 Å². The second-order valence-corrected chi connectivity index (χ2v) is 6.67. The lowest BCUT2D eigenvalue weighted by molar-refractivity contribution is 0.0846. The van der Waals surface area contributed by atoms with Crippen LogP contribution in [0.5, 0.6) is 0 Å². The average Bonchev–Trinajstić information content (AvgIpc) is 2.68. The van der Waals surface area contributed by atoms with Gasteiger partial charge in [-0.15, -0.1) is 0 Å². The molecule has 0 fully saturated rings. The number of rotatable bonds is 3. The van der Waals surface area contributed by atoms with Crippen LogP contribution in [0.15, 0.2) is 77.3 Å². The third-order valence-corrected chi connectivity index (χ3v) is 4.83. The Morgan fingerprint density at radius 2 is 1.27 bits per heavy atom. The maximum atomic E-state index is 12.2. The van der Waals surface area contributed by atoms with Crippen molar-refractivity contribution in [3.63, 3.8) is 0 Å². The van der Waals surface area contributed by atoms with Crippen molar-refractivity contribution in [1.29, 1.82) is 0 Å². The Morgan fingerprint density at radius 1 is 0.731 bits per heavy atom. The van der Waals surface area contributed by atoms with Crippen LogP contribution in [0.1, 0.15) is 26.3 Å². The predicted molar refractivity (Wildman–Crippen MR) is 106 cm³/mol. The Bertz CT molecular complexity index is 938. The standard InChI is InChI=1S/C21H17BrN2O2/c1-14-7-8-18(13-19(14)22)21(26)24-23-20(25)17-11-9-16(10-12-17)15-5-3-2-4-6-15/h2-13H,1H3,(H,23,25)(H,24,26). The van der Waals surface area contributed by atoms with Crippen LogP contribution in [0, 0.1) is 6.92 Å². The summed E-state index contributed by atoms with van der Waals surface area (Å²) in [6.07, 6.45) is 0. The lowest BCUT2D eigenvalue weighted by Crippen LogP contribution is -2.41. The lowest BCUT2D eigenvalue weighted by atomic mass is 10.0. The average molecular weight is 409 g/mol. The van der Waals surface area contributed by atoms with E-state index in [2.05, 4.69) is 26.8 Å². The van der Waals surface area contributed by atoms with Gasteiger partial charge < -0.3 is 0 Å². The van der Waals surface area contributed by atoms with Crippen molar-refractivity contribution in [1.82, 2.24) is 10.9 Å². The molecule has 4 nitrogen and oxygen atoms in total. The first-order valence-electron chi connectivity index (χ1n) is 8.07. The van der Waals surface area contributed by atoms with E-state index in [1.807, 2.05) is 55.5 Å². The molecule has 0 aliphatic carbocycles. The quantitative estimate of drug-likeness (QED) is 0.626. The van der Waals surface area contributed by atoms with E-state index in [0.29, 0.717) is 11.1 Å². The van der Waals surface area contributed by atoms with Crippen molar-refractivity contribution in [3.05, 3.63) is 94.0 Å². The largest absolute Gasteiger partial charge is 0.269 e. The highest BCUT2D eigenvalue weighted by Crippen LogP contribution is 2.19. The summed E-state index contributed by atoms with van der Waals surface area (Å²) in [6, 6.07) is 22.4. The molecule has 0 bridgehead atoms. The molecule has 0 spiro atoms. The summed E-state index contributed by atoms with van der Waals surface area (Å²) in [5.74, 6) is -0.746. The van der Waals surface area contributed by atoms with Crippen LogP contribution in [-0.2, 0) is 0 Å². The number of amides is 2. The van der Waals surface area contributed by atoms with E-state index in [0.717, 1.165) is 21.2 Å². The molecular formula is C21H17BrN2O2. The first kappa shape index (κ1) is 17.9. The van der Waals surface area contributed by atoms with Gasteiger partial charge in [-0.25, -0.2) is 0 Å². The fraction of sp³-hybridized carbons (Fsp3) is 0.0476. The molecule has 2 N–H and O–H groups in total. The second-order valence-electron chi connectivity index (χ2n) is 5.82. The normalized spacial score (nSPS) is 10.2. The monoisotopic (exact) mass is 408 g/mol. The Balaban J connectivity index is 1.63. The minimum Gasteiger partial charge on any atom is -0.267 e. The lowest BCUT2D eigenvalue weighted by Gasteiger charge is -2.09. The van der Waals surface area contributed by atoms with Crippen molar-refractivity contribution < 1.29 is 9.59 Å². The number of hydrazine groups is 1. The molecule has 2 amide bonds. The molecule has 0 saturated carbocycles. The fourth-order valence-electron chi connectivity index (χ4n) is 2.44. The van der Waals surface area contributed by atoms with Gasteiger partial charge >= 0.3 is 0 Å². The molecule has 3 aromatic rings. The number of nitrogens with one attached hydrogen (secondary N) is 2. The summed E-state index contributed by atoms with van der Waals surface area (Å²) in [6.45, 7) is 1.94. The first-order chi connectivity index (χ1) is 12.5. The zero-order valence-corrected chi connectivity index (χ0v) is 15.7. The molecule has 0 aromatic heterocycles. The van der Waals surface area contributed by atoms with Crippen molar-refractivity contribution in [2.75, 3.05) is 0 Å². The second kappa shape index (κ2) is 7.97. The molecule has 130 valence electrons. The molecule has 0 radical (unpaired) electrons. The molecule has 5 heteroatoms. The van der Waals surface area contributed by atoms with Gasteiger partial charge in [-0.2, -0.15) is 0 Å². The molecule has 3 aromatic carbocycles. The number of hydrogen-bond donors (Lipinski definition) is 2. The van der Waals surface area contributed by atoms with Gasteiger partial charge in [0.2, 0.25) is 0 Å². The molecule has 0 aliphatic rings. The summed E-state index contributed by atoms with van der Waals surface area (Å²) >= 11 is 3.39. The van der Waals surface area contributed by atoms with Crippen molar-refractivity contribution in [2.24, 2.45) is 0 Å². The van der Waals surface area contributed by atoms with Gasteiger partial charge in [0.25, 0.3) is 11.8 Å². The maximum Gasteiger partial charge on any atom is 0.269 e. The third kappa shape index (κ3) is 4.18. The molecule has 26 heavy (non-hydrogen) atoms. The fourth-order valence-corrected chi connectivity index (χ4v) is 2.82. The summed E-state index contributed by atoms with van der Waals surface area (Å²) < 4.78 is 0.841. The molecule has 3 rings (SSSR count). The molecule has 0 unspecified atom stereocenters. The SMILES string of the molecule is Cc1ccc(C(=O)NNC(=O)c2ccc(-c3ccccc3)cc2)cc1Br. The Labute approximate surface area is 160 Å². The predicted octanol–water partition coefficient (Wildman–Crippen LogP) is 4.50. The zero-order valence-electron chi connectivity index (χ0n) is 14.1. The van der Waals surface area contributed by atoms with E-state index in [-0.39, 0.29) is 11.8 Å². The van der Waals surface area contributed by atoms with Crippen LogP contribution < -0.4 is 10.9 Å². The highest BCUT2D eigenvalue weighted by Gasteiger charge is 2.10. The number of aryl methyl sites for hydroxylation is 1. The van der Waals surface area contributed by atoms with E-state index < -0.39 is 0 Å². The summed E-state index contributed by atoms with van der Waals surface area (Å²) in [7, 11) is 0. The van der Waals surface area contributed by atoms with Crippen LogP contribution in [0.25, 0.3) is 11.1 Å². The number of carbonyl (C=O) groups is 2. The minimum atomic E-state index is -0.375. The van der Waals surface area contributed by atoms with Crippen LogP contribution in [0.4, 0.5) is 0 Å². The number of carbonyl (C=O) groups excluding carboxylic acids is 2. The third-order valence-electron chi connectivity index (χ3n) is 3.98. The van der Waals surface area contributed by atoms with E-state index in [1.165, 1.54) is 0 Å². The summed E-state index contributed by atoms with van der Waals surface area (Å²) in [4.78, 5) is 24.4. The van der Waals surface area contributed by atoms with E-state index in [4.69, 9.17) is 0 Å². The van der Waals surface area contributed by atoms with Gasteiger partial charge in [0.05, 0.1) is 0 Å². The highest BCUT2D eigenvalue weighted by atomic mass is 79.9. The van der Waals surface area contributed by atoms with Gasteiger partial charge in [0, 0.05) is 15.6 Å². The van der Waals surface area contributed by atoms with Crippen LogP contribution in [0.2, 0.25) is 0 Å². The summed E-state index contributed by atoms with van der Waals surface area (Å²) in [5, 5.41) is 0. The van der Waals surface area contributed by atoms with E-state index >= 15 is 0 Å². The number of benzene rings is 3. The zero-order chi connectivity index (χ0) is 18.5.